The molecule has 5 heteroatoms. The van der Waals surface area contributed by atoms with Crippen LogP contribution in [0.4, 0.5) is 13.2 Å². The van der Waals surface area contributed by atoms with Crippen LogP contribution in [0.25, 0.3) is 0 Å². The van der Waals surface area contributed by atoms with Crippen LogP contribution in [0.15, 0.2) is 24.3 Å². The largest absolute Gasteiger partial charge is 0.411 e. The van der Waals surface area contributed by atoms with Gasteiger partial charge >= 0.3 is 6.18 Å². The number of ether oxygens (including phenoxy) is 1. The number of hydrogen-bond acceptors (Lipinski definition) is 2. The summed E-state index contributed by atoms with van der Waals surface area (Å²) in [5.41, 5.74) is 8.67. The van der Waals surface area contributed by atoms with Crippen molar-refractivity contribution in [3.05, 3.63) is 35.4 Å². The zero-order chi connectivity index (χ0) is 14.6. The summed E-state index contributed by atoms with van der Waals surface area (Å²) in [6.07, 6.45) is -0.729. The number of nitrogens with two attached hydrogens (primary N) is 1. The first-order valence-corrected chi connectivity index (χ1v) is 6.95. The van der Waals surface area contributed by atoms with E-state index in [0.717, 1.165) is 24.8 Å². The van der Waals surface area contributed by atoms with Crippen molar-refractivity contribution in [1.82, 2.24) is 0 Å². The molecule has 2 N–H and O–H groups in total. The van der Waals surface area contributed by atoms with Gasteiger partial charge in [-0.3, -0.25) is 0 Å². The van der Waals surface area contributed by atoms with E-state index in [0.29, 0.717) is 6.42 Å². The van der Waals surface area contributed by atoms with Crippen molar-refractivity contribution in [2.75, 3.05) is 13.2 Å². The molecule has 0 heterocycles. The number of alkyl halides is 3. The Hall–Kier alpha value is -1.07. The van der Waals surface area contributed by atoms with E-state index in [4.69, 9.17) is 10.5 Å². The van der Waals surface area contributed by atoms with Crippen LogP contribution in [0.5, 0.6) is 0 Å². The molecule has 0 aromatic heterocycles. The molecule has 2 nitrogen and oxygen atoms in total. The third-order valence-corrected chi connectivity index (χ3v) is 3.84. The van der Waals surface area contributed by atoms with E-state index < -0.39 is 12.8 Å². The zero-order valence-corrected chi connectivity index (χ0v) is 11.3. The molecule has 0 saturated heterocycles. The third kappa shape index (κ3) is 4.21. The highest BCUT2D eigenvalue weighted by Gasteiger charge is 2.28. The highest BCUT2D eigenvalue weighted by molar-refractivity contribution is 5.31. The van der Waals surface area contributed by atoms with Gasteiger partial charge in [-0.25, -0.2) is 0 Å². The quantitative estimate of drug-likeness (QED) is 0.678. The van der Waals surface area contributed by atoms with Gasteiger partial charge in [-0.05, 0) is 42.7 Å². The first-order chi connectivity index (χ1) is 9.47. The van der Waals surface area contributed by atoms with E-state index in [1.165, 1.54) is 5.56 Å². The van der Waals surface area contributed by atoms with E-state index in [-0.39, 0.29) is 18.6 Å². The molecule has 0 spiro atoms. The SMILES string of the molecule is NC1c2ccccc2CCCC1CCOCC(F)(F)F. The second-order valence-corrected chi connectivity index (χ2v) is 5.33. The maximum absolute atomic E-state index is 12.0. The molecule has 0 aliphatic heterocycles. The molecule has 2 unspecified atom stereocenters. The van der Waals surface area contributed by atoms with Crippen LogP contribution in [0.1, 0.15) is 36.4 Å². The second kappa shape index (κ2) is 6.59. The minimum Gasteiger partial charge on any atom is -0.372 e. The van der Waals surface area contributed by atoms with Crippen molar-refractivity contribution in [3.8, 4) is 0 Å². The van der Waals surface area contributed by atoms with Crippen LogP contribution >= 0.6 is 0 Å². The Labute approximate surface area is 117 Å². The minimum atomic E-state index is -4.25. The predicted octanol–water partition coefficient (Wildman–Crippen LogP) is 3.61. The van der Waals surface area contributed by atoms with Gasteiger partial charge in [-0.2, -0.15) is 13.2 Å². The van der Waals surface area contributed by atoms with Gasteiger partial charge in [-0.15, -0.1) is 0 Å². The van der Waals surface area contributed by atoms with Crippen LogP contribution in [0.2, 0.25) is 0 Å². The van der Waals surface area contributed by atoms with Gasteiger partial charge in [0.15, 0.2) is 0 Å². The predicted molar refractivity (Wildman–Crippen MR) is 71.3 cm³/mol. The van der Waals surface area contributed by atoms with Crippen LogP contribution in [-0.2, 0) is 11.2 Å². The van der Waals surface area contributed by atoms with Crippen molar-refractivity contribution >= 4 is 0 Å². The smallest absolute Gasteiger partial charge is 0.372 e. The molecule has 2 rings (SSSR count). The Morgan fingerprint density at radius 2 is 2.00 bits per heavy atom. The number of benzene rings is 1. The molecule has 0 bridgehead atoms. The van der Waals surface area contributed by atoms with E-state index in [2.05, 4.69) is 6.07 Å². The fourth-order valence-electron chi connectivity index (χ4n) is 2.82. The number of fused-ring (bicyclic) bond motifs is 1. The van der Waals surface area contributed by atoms with E-state index in [9.17, 15) is 13.2 Å². The van der Waals surface area contributed by atoms with Gasteiger partial charge in [0.25, 0.3) is 0 Å². The van der Waals surface area contributed by atoms with Crippen LogP contribution in [0.3, 0.4) is 0 Å². The average Bonchev–Trinajstić information content (AvgIpc) is 2.54. The first kappa shape index (κ1) is 15.3. The molecular formula is C15H20F3NO. The van der Waals surface area contributed by atoms with E-state index >= 15 is 0 Å². The number of halogens is 3. The fraction of sp³-hybridized carbons (Fsp3) is 0.600. The average molecular weight is 287 g/mol. The molecule has 20 heavy (non-hydrogen) atoms. The van der Waals surface area contributed by atoms with Crippen molar-refractivity contribution in [2.45, 2.75) is 37.9 Å². The summed E-state index contributed by atoms with van der Waals surface area (Å²) in [5, 5.41) is 0. The van der Waals surface area contributed by atoms with Crippen LogP contribution < -0.4 is 5.73 Å². The van der Waals surface area contributed by atoms with Crippen LogP contribution in [-0.4, -0.2) is 19.4 Å². The lowest BCUT2D eigenvalue weighted by Crippen LogP contribution is -2.24. The molecule has 0 amide bonds. The lowest BCUT2D eigenvalue weighted by atomic mass is 9.89. The van der Waals surface area contributed by atoms with Crippen LogP contribution in [0, 0.1) is 5.92 Å². The standard InChI is InChI=1S/C15H20F3NO/c16-15(17,18)10-20-9-8-12-6-3-5-11-4-1-2-7-13(11)14(12)19/h1-2,4,7,12,14H,3,5-6,8-10,19H2. The fourth-order valence-corrected chi connectivity index (χ4v) is 2.82. The lowest BCUT2D eigenvalue weighted by molar-refractivity contribution is -0.174. The summed E-state index contributed by atoms with van der Waals surface area (Å²) in [7, 11) is 0. The number of rotatable bonds is 4. The molecular weight excluding hydrogens is 267 g/mol. The topological polar surface area (TPSA) is 35.2 Å². The Bertz CT molecular complexity index is 433. The first-order valence-electron chi connectivity index (χ1n) is 6.95. The third-order valence-electron chi connectivity index (χ3n) is 3.84. The maximum Gasteiger partial charge on any atom is 0.411 e. The summed E-state index contributed by atoms with van der Waals surface area (Å²) in [5.74, 6) is 0.187. The molecule has 1 aromatic rings. The summed E-state index contributed by atoms with van der Waals surface area (Å²) in [4.78, 5) is 0. The van der Waals surface area contributed by atoms with Crippen molar-refractivity contribution in [1.29, 1.82) is 0 Å². The molecule has 0 saturated carbocycles. The Kier molecular flexibility index (Phi) is 5.05. The molecule has 1 aromatic carbocycles. The summed E-state index contributed by atoms with van der Waals surface area (Å²) < 4.78 is 40.7. The second-order valence-electron chi connectivity index (χ2n) is 5.33. The van der Waals surface area contributed by atoms with Gasteiger partial charge in [0.2, 0.25) is 0 Å². The summed E-state index contributed by atoms with van der Waals surface area (Å²) >= 11 is 0. The summed E-state index contributed by atoms with van der Waals surface area (Å²) in [6.45, 7) is -1.06. The minimum absolute atomic E-state index is 0.108. The normalized spacial score (nSPS) is 23.2. The Morgan fingerprint density at radius 1 is 1.25 bits per heavy atom. The molecule has 1 aliphatic rings. The van der Waals surface area contributed by atoms with Gasteiger partial charge < -0.3 is 10.5 Å². The van der Waals surface area contributed by atoms with Gasteiger partial charge in [-0.1, -0.05) is 24.3 Å². The summed E-state index contributed by atoms with van der Waals surface area (Å²) in [6, 6.07) is 7.95. The molecule has 0 radical (unpaired) electrons. The molecule has 112 valence electrons. The zero-order valence-electron chi connectivity index (χ0n) is 11.3. The van der Waals surface area contributed by atoms with Crippen molar-refractivity contribution < 1.29 is 17.9 Å². The maximum atomic E-state index is 12.0. The van der Waals surface area contributed by atoms with Gasteiger partial charge in [0.1, 0.15) is 6.61 Å². The molecule has 0 fully saturated rings. The molecule has 2 atom stereocenters. The highest BCUT2D eigenvalue weighted by Crippen LogP contribution is 2.33. The monoisotopic (exact) mass is 287 g/mol. The van der Waals surface area contributed by atoms with Gasteiger partial charge in [0, 0.05) is 12.6 Å². The number of aryl methyl sites for hydroxylation is 1. The Balaban J connectivity index is 1.90. The number of hydrogen-bond donors (Lipinski definition) is 1. The van der Waals surface area contributed by atoms with Crippen molar-refractivity contribution in [2.24, 2.45) is 11.7 Å². The Morgan fingerprint density at radius 3 is 2.75 bits per heavy atom. The van der Waals surface area contributed by atoms with Crippen molar-refractivity contribution in [3.63, 3.8) is 0 Å². The van der Waals surface area contributed by atoms with E-state index in [1.807, 2.05) is 18.2 Å². The molecule has 1 aliphatic carbocycles. The van der Waals surface area contributed by atoms with Gasteiger partial charge in [0.05, 0.1) is 0 Å². The highest BCUT2D eigenvalue weighted by atomic mass is 19.4. The van der Waals surface area contributed by atoms with E-state index in [1.54, 1.807) is 0 Å². The lowest BCUT2D eigenvalue weighted by Gasteiger charge is -2.23.